The Balaban J connectivity index is 1.43. The summed E-state index contributed by atoms with van der Waals surface area (Å²) in [5.74, 6) is -0.275. The van der Waals surface area contributed by atoms with Gasteiger partial charge in [0, 0.05) is 34.5 Å². The largest absolute Gasteiger partial charge is 0.493 e. The van der Waals surface area contributed by atoms with Crippen molar-refractivity contribution in [1.82, 2.24) is 15.3 Å². The van der Waals surface area contributed by atoms with Crippen LogP contribution in [0.1, 0.15) is 11.3 Å². The molecule has 0 aliphatic heterocycles. The maximum atomic E-state index is 12.6. The van der Waals surface area contributed by atoms with Crippen molar-refractivity contribution in [3.05, 3.63) is 65.3 Å². The summed E-state index contributed by atoms with van der Waals surface area (Å²) in [6.07, 6.45) is 1.95. The number of ether oxygens (including phenoxy) is 2. The number of nitrogens with zero attached hydrogens (tertiary/aromatic N) is 1. The smallest absolute Gasteiger partial charge is 0.326 e. The summed E-state index contributed by atoms with van der Waals surface area (Å²) in [4.78, 5) is 32.0. The first-order chi connectivity index (χ1) is 16.0. The molecule has 0 saturated carbocycles. The summed E-state index contributed by atoms with van der Waals surface area (Å²) < 4.78 is 10.6. The van der Waals surface area contributed by atoms with Crippen molar-refractivity contribution in [1.29, 1.82) is 0 Å². The average molecular weight is 466 g/mol. The highest BCUT2D eigenvalue weighted by Gasteiger charge is 2.22. The number of carbonyl (C=O) groups excluding carboxylic acids is 1. The van der Waals surface area contributed by atoms with Crippen LogP contribution < -0.4 is 14.8 Å². The van der Waals surface area contributed by atoms with E-state index in [1.165, 1.54) is 11.3 Å². The van der Waals surface area contributed by atoms with Gasteiger partial charge >= 0.3 is 5.97 Å². The summed E-state index contributed by atoms with van der Waals surface area (Å²) in [5.41, 5.74) is 3.17. The lowest BCUT2D eigenvalue weighted by Gasteiger charge is -2.14. The average Bonchev–Trinajstić information content (AvgIpc) is 3.45. The Morgan fingerprint density at radius 3 is 2.70 bits per heavy atom. The number of thiazole rings is 1. The lowest BCUT2D eigenvalue weighted by molar-refractivity contribution is -0.141. The number of methoxy groups -OCH3 is 2. The predicted octanol–water partition coefficient (Wildman–Crippen LogP) is 3.66. The maximum Gasteiger partial charge on any atom is 0.326 e. The molecular weight excluding hydrogens is 442 g/mol. The van der Waals surface area contributed by atoms with Gasteiger partial charge in [0.1, 0.15) is 11.0 Å². The summed E-state index contributed by atoms with van der Waals surface area (Å²) in [6, 6.07) is 12.1. The molecule has 1 amide bonds. The quantitative estimate of drug-likeness (QED) is 0.348. The van der Waals surface area contributed by atoms with Crippen LogP contribution in [-0.2, 0) is 22.4 Å². The minimum absolute atomic E-state index is 0.0124. The van der Waals surface area contributed by atoms with E-state index in [-0.39, 0.29) is 12.8 Å². The fraction of sp³-hybridized carbons (Fsp3) is 0.208. The number of hydrogen-bond donors (Lipinski definition) is 3. The molecule has 0 aliphatic rings. The molecule has 4 rings (SSSR count). The second-order valence-electron chi connectivity index (χ2n) is 7.41. The summed E-state index contributed by atoms with van der Waals surface area (Å²) >= 11 is 1.40. The van der Waals surface area contributed by atoms with Gasteiger partial charge < -0.3 is 24.9 Å². The van der Waals surface area contributed by atoms with Crippen molar-refractivity contribution < 1.29 is 24.2 Å². The standard InChI is InChI=1S/C24H23N3O5S/c1-31-20-8-7-14(10-21(20)32-2)23-26-16(13-33-23)11-22(28)27-19(24(29)30)9-15-12-25-18-6-4-3-5-17(15)18/h3-8,10,12-13,19,25H,9,11H2,1-2H3,(H,27,28)(H,29,30). The number of carbonyl (C=O) groups is 2. The van der Waals surface area contributed by atoms with Crippen LogP contribution in [0.5, 0.6) is 11.5 Å². The van der Waals surface area contributed by atoms with Crippen LogP contribution in [0.4, 0.5) is 0 Å². The molecule has 3 N–H and O–H groups in total. The van der Waals surface area contributed by atoms with Crippen molar-refractivity contribution in [2.45, 2.75) is 18.9 Å². The lowest BCUT2D eigenvalue weighted by atomic mass is 10.0. The number of para-hydroxylation sites is 1. The van der Waals surface area contributed by atoms with E-state index in [0.29, 0.717) is 17.2 Å². The lowest BCUT2D eigenvalue weighted by Crippen LogP contribution is -2.43. The van der Waals surface area contributed by atoms with Gasteiger partial charge in [-0.25, -0.2) is 9.78 Å². The number of carboxylic acid groups (broad SMARTS) is 1. The molecule has 2 aromatic carbocycles. The minimum Gasteiger partial charge on any atom is -0.493 e. The first-order valence-corrected chi connectivity index (χ1v) is 11.1. The zero-order chi connectivity index (χ0) is 23.4. The fourth-order valence-corrected chi connectivity index (χ4v) is 4.44. The molecule has 1 atom stereocenters. The topological polar surface area (TPSA) is 114 Å². The highest BCUT2D eigenvalue weighted by Crippen LogP contribution is 2.33. The van der Waals surface area contributed by atoms with Crippen LogP contribution in [0.15, 0.2) is 54.0 Å². The first-order valence-electron chi connectivity index (χ1n) is 10.2. The highest BCUT2D eigenvalue weighted by atomic mass is 32.1. The Kier molecular flexibility index (Phi) is 6.60. The molecule has 2 aromatic heterocycles. The third-order valence-electron chi connectivity index (χ3n) is 5.26. The number of nitrogens with one attached hydrogen (secondary N) is 2. The summed E-state index contributed by atoms with van der Waals surface area (Å²) in [6.45, 7) is 0. The summed E-state index contributed by atoms with van der Waals surface area (Å²) in [7, 11) is 3.13. The summed E-state index contributed by atoms with van der Waals surface area (Å²) in [5, 5.41) is 15.7. The molecule has 0 aliphatic carbocycles. The molecule has 9 heteroatoms. The van der Waals surface area contributed by atoms with Gasteiger partial charge in [-0.1, -0.05) is 18.2 Å². The number of aromatic amines is 1. The molecule has 0 saturated heterocycles. The minimum atomic E-state index is -1.09. The van der Waals surface area contributed by atoms with Crippen molar-refractivity contribution in [3.63, 3.8) is 0 Å². The van der Waals surface area contributed by atoms with Crippen LogP contribution in [-0.4, -0.2) is 47.2 Å². The molecule has 0 bridgehead atoms. The Hall–Kier alpha value is -3.85. The van der Waals surface area contributed by atoms with Crippen LogP contribution in [0.25, 0.3) is 21.5 Å². The van der Waals surface area contributed by atoms with Crippen molar-refractivity contribution in [3.8, 4) is 22.1 Å². The normalized spacial score (nSPS) is 11.8. The molecule has 8 nitrogen and oxygen atoms in total. The number of benzene rings is 2. The molecule has 0 fully saturated rings. The molecule has 0 radical (unpaired) electrons. The monoisotopic (exact) mass is 465 g/mol. The van der Waals surface area contributed by atoms with Gasteiger partial charge in [0.15, 0.2) is 11.5 Å². The highest BCUT2D eigenvalue weighted by molar-refractivity contribution is 7.13. The number of fused-ring (bicyclic) bond motifs is 1. The van der Waals surface area contributed by atoms with Crippen LogP contribution in [0.2, 0.25) is 0 Å². The zero-order valence-electron chi connectivity index (χ0n) is 18.1. The van der Waals surface area contributed by atoms with Gasteiger partial charge in [0.25, 0.3) is 0 Å². The number of aliphatic carboxylic acids is 1. The van der Waals surface area contributed by atoms with E-state index in [1.54, 1.807) is 31.9 Å². The van der Waals surface area contributed by atoms with Crippen LogP contribution in [0, 0.1) is 0 Å². The Bertz CT molecular complexity index is 1300. The van der Waals surface area contributed by atoms with Crippen molar-refractivity contribution in [2.75, 3.05) is 14.2 Å². The van der Waals surface area contributed by atoms with E-state index in [2.05, 4.69) is 15.3 Å². The van der Waals surface area contributed by atoms with E-state index < -0.39 is 17.9 Å². The molecule has 2 heterocycles. The maximum absolute atomic E-state index is 12.6. The number of hydrogen-bond acceptors (Lipinski definition) is 6. The van der Waals surface area contributed by atoms with Crippen molar-refractivity contribution >= 4 is 34.1 Å². The van der Waals surface area contributed by atoms with Gasteiger partial charge in [-0.2, -0.15) is 0 Å². The second kappa shape index (κ2) is 9.74. The molecule has 33 heavy (non-hydrogen) atoms. The van der Waals surface area contributed by atoms with E-state index in [9.17, 15) is 14.7 Å². The van der Waals surface area contributed by atoms with E-state index in [4.69, 9.17) is 9.47 Å². The molecule has 170 valence electrons. The SMILES string of the molecule is COc1ccc(-c2nc(CC(=O)NC(Cc3c[nH]c4ccccc34)C(=O)O)cs2)cc1OC. The third kappa shape index (κ3) is 4.98. The predicted molar refractivity (Wildman–Crippen MR) is 126 cm³/mol. The number of carboxylic acids is 1. The molecule has 1 unspecified atom stereocenters. The second-order valence-corrected chi connectivity index (χ2v) is 8.27. The van der Waals surface area contributed by atoms with Crippen LogP contribution >= 0.6 is 11.3 Å². The zero-order valence-corrected chi connectivity index (χ0v) is 18.9. The van der Waals surface area contributed by atoms with Gasteiger partial charge in [0.05, 0.1) is 26.3 Å². The Labute approximate surface area is 194 Å². The molecular formula is C24H23N3O5S. The van der Waals surface area contributed by atoms with Gasteiger partial charge in [-0.15, -0.1) is 11.3 Å². The number of aromatic nitrogens is 2. The first kappa shape index (κ1) is 22.3. The third-order valence-corrected chi connectivity index (χ3v) is 6.20. The Morgan fingerprint density at radius 1 is 1.15 bits per heavy atom. The van der Waals surface area contributed by atoms with Crippen LogP contribution in [0.3, 0.4) is 0 Å². The number of amides is 1. The van der Waals surface area contributed by atoms with Crippen molar-refractivity contribution in [2.24, 2.45) is 0 Å². The number of H-pyrrole nitrogens is 1. The molecule has 0 spiro atoms. The fourth-order valence-electron chi connectivity index (χ4n) is 3.62. The van der Waals surface area contributed by atoms with Gasteiger partial charge in [-0.05, 0) is 29.8 Å². The number of rotatable bonds is 9. The van der Waals surface area contributed by atoms with E-state index in [1.807, 2.05) is 36.4 Å². The van der Waals surface area contributed by atoms with Gasteiger partial charge in [-0.3, -0.25) is 4.79 Å². The Morgan fingerprint density at radius 2 is 1.94 bits per heavy atom. The van der Waals surface area contributed by atoms with E-state index >= 15 is 0 Å². The molecule has 4 aromatic rings. The van der Waals surface area contributed by atoms with Gasteiger partial charge in [0.2, 0.25) is 5.91 Å². The van der Waals surface area contributed by atoms with E-state index in [0.717, 1.165) is 27.0 Å².